The lowest BCUT2D eigenvalue weighted by molar-refractivity contribution is -0.140. The van der Waals surface area contributed by atoms with E-state index in [1.54, 1.807) is 7.05 Å². The minimum absolute atomic E-state index is 0.0959. The van der Waals surface area contributed by atoms with Gasteiger partial charge in [0.1, 0.15) is 6.04 Å². The van der Waals surface area contributed by atoms with Crippen molar-refractivity contribution in [3.05, 3.63) is 0 Å². The number of hydrogen-bond acceptors (Lipinski definition) is 3. The van der Waals surface area contributed by atoms with Gasteiger partial charge in [0.05, 0.1) is 6.04 Å². The summed E-state index contributed by atoms with van der Waals surface area (Å²) in [5, 5.41) is 5.90. The van der Waals surface area contributed by atoms with Crippen molar-refractivity contribution in [2.45, 2.75) is 71.5 Å². The largest absolute Gasteiger partial charge is 0.342 e. The molecular weight excluding hydrogens is 278 g/mol. The van der Waals surface area contributed by atoms with Crippen molar-refractivity contribution in [2.24, 2.45) is 11.3 Å². The first-order valence-electron chi connectivity index (χ1n) is 8.54. The number of fused-ring (bicyclic) bond motifs is 1. The topological polar surface area (TPSA) is 61.4 Å². The summed E-state index contributed by atoms with van der Waals surface area (Å²) in [4.78, 5) is 27.3. The van der Waals surface area contributed by atoms with Gasteiger partial charge in [-0.3, -0.25) is 9.59 Å². The predicted octanol–water partition coefficient (Wildman–Crippen LogP) is 1.53. The molecule has 2 N–H and O–H groups in total. The molecule has 4 atom stereocenters. The van der Waals surface area contributed by atoms with Gasteiger partial charge in [0.2, 0.25) is 11.8 Å². The molecule has 2 rings (SSSR count). The molecule has 0 spiro atoms. The lowest BCUT2D eigenvalue weighted by Gasteiger charge is -2.36. The Bertz CT molecular complexity index is 430. The van der Waals surface area contributed by atoms with E-state index in [9.17, 15) is 9.59 Å². The van der Waals surface area contributed by atoms with Crippen LogP contribution >= 0.6 is 0 Å². The molecule has 1 aliphatic heterocycles. The van der Waals surface area contributed by atoms with E-state index in [1.165, 1.54) is 12.8 Å². The Hall–Kier alpha value is -1.10. The number of nitrogens with zero attached hydrogens (tertiary/aromatic N) is 1. The highest BCUT2D eigenvalue weighted by Crippen LogP contribution is 2.38. The number of carbonyl (C=O) groups is 2. The molecule has 5 heteroatoms. The summed E-state index contributed by atoms with van der Waals surface area (Å²) in [7, 11) is 1.75. The van der Waals surface area contributed by atoms with Crippen molar-refractivity contribution >= 4 is 11.8 Å². The highest BCUT2D eigenvalue weighted by atomic mass is 16.2. The van der Waals surface area contributed by atoms with E-state index in [0.29, 0.717) is 12.0 Å². The fraction of sp³-hybridized carbons (Fsp3) is 0.882. The molecule has 2 aliphatic rings. The van der Waals surface area contributed by atoms with Crippen LogP contribution in [-0.4, -0.2) is 48.4 Å². The van der Waals surface area contributed by atoms with Gasteiger partial charge in [-0.25, -0.2) is 0 Å². The molecule has 1 saturated carbocycles. The Balaban J connectivity index is 2.12. The first-order valence-corrected chi connectivity index (χ1v) is 8.54. The first-order chi connectivity index (χ1) is 10.3. The summed E-state index contributed by atoms with van der Waals surface area (Å²) in [6, 6.07) is -0.360. The third-order valence-corrected chi connectivity index (χ3v) is 5.27. The van der Waals surface area contributed by atoms with E-state index in [-0.39, 0.29) is 23.3 Å². The molecule has 1 saturated heterocycles. The van der Waals surface area contributed by atoms with Crippen LogP contribution in [0.2, 0.25) is 0 Å². The standard InChI is InChI=1S/C17H31N3O2/c1-11(18-5)15(21)19-14(17(2,3)4)16(22)20-10-9-12-7-6-8-13(12)20/h11-14,18H,6-10H2,1-5H3,(H,19,21). The molecule has 126 valence electrons. The molecule has 2 amide bonds. The molecule has 0 aromatic carbocycles. The summed E-state index contributed by atoms with van der Waals surface area (Å²) in [5.41, 5.74) is -0.295. The van der Waals surface area contributed by atoms with Gasteiger partial charge in [0, 0.05) is 12.6 Å². The molecule has 22 heavy (non-hydrogen) atoms. The Kier molecular flexibility index (Phi) is 5.15. The number of nitrogens with one attached hydrogen (secondary N) is 2. The molecule has 1 heterocycles. The van der Waals surface area contributed by atoms with Gasteiger partial charge < -0.3 is 15.5 Å². The van der Waals surface area contributed by atoms with Crippen LogP contribution in [0.1, 0.15) is 53.4 Å². The lowest BCUT2D eigenvalue weighted by atomic mass is 9.85. The molecular formula is C17H31N3O2. The lowest BCUT2D eigenvalue weighted by Crippen LogP contribution is -2.58. The van der Waals surface area contributed by atoms with Crippen LogP contribution in [0.25, 0.3) is 0 Å². The van der Waals surface area contributed by atoms with Gasteiger partial charge in [-0.2, -0.15) is 0 Å². The maximum absolute atomic E-state index is 13.1. The van der Waals surface area contributed by atoms with Gasteiger partial charge >= 0.3 is 0 Å². The highest BCUT2D eigenvalue weighted by molar-refractivity contribution is 5.90. The average Bonchev–Trinajstić information content (AvgIpc) is 3.04. The number of carbonyl (C=O) groups excluding carboxylic acids is 2. The van der Waals surface area contributed by atoms with Crippen LogP contribution in [0.3, 0.4) is 0 Å². The summed E-state index contributed by atoms with van der Waals surface area (Å²) in [6.07, 6.45) is 4.71. The Morgan fingerprint density at radius 1 is 1.18 bits per heavy atom. The number of likely N-dealkylation sites (tertiary alicyclic amines) is 1. The van der Waals surface area contributed by atoms with Crippen LogP contribution < -0.4 is 10.6 Å². The van der Waals surface area contributed by atoms with E-state index in [2.05, 4.69) is 10.6 Å². The monoisotopic (exact) mass is 309 g/mol. The molecule has 4 unspecified atom stereocenters. The zero-order chi connectivity index (χ0) is 16.5. The average molecular weight is 309 g/mol. The second kappa shape index (κ2) is 6.57. The maximum atomic E-state index is 13.1. The number of likely N-dealkylation sites (N-methyl/N-ethyl adjacent to an activating group) is 1. The van der Waals surface area contributed by atoms with E-state index in [1.807, 2.05) is 32.6 Å². The van der Waals surface area contributed by atoms with E-state index in [0.717, 1.165) is 19.4 Å². The zero-order valence-corrected chi connectivity index (χ0v) is 14.6. The normalized spacial score (nSPS) is 27.4. The molecule has 0 radical (unpaired) electrons. The second-order valence-electron chi connectivity index (χ2n) is 7.90. The van der Waals surface area contributed by atoms with Crippen molar-refractivity contribution in [1.29, 1.82) is 0 Å². The van der Waals surface area contributed by atoms with E-state index < -0.39 is 6.04 Å². The van der Waals surface area contributed by atoms with Crippen LogP contribution in [0.15, 0.2) is 0 Å². The predicted molar refractivity (Wildman–Crippen MR) is 87.4 cm³/mol. The minimum Gasteiger partial charge on any atom is -0.342 e. The highest BCUT2D eigenvalue weighted by Gasteiger charge is 2.44. The van der Waals surface area contributed by atoms with Crippen molar-refractivity contribution in [2.75, 3.05) is 13.6 Å². The van der Waals surface area contributed by atoms with Crippen molar-refractivity contribution < 1.29 is 9.59 Å². The molecule has 0 bridgehead atoms. The fourth-order valence-electron chi connectivity index (χ4n) is 3.72. The van der Waals surface area contributed by atoms with Crippen molar-refractivity contribution in [3.8, 4) is 0 Å². The SMILES string of the molecule is CNC(C)C(=O)NC(C(=O)N1CCC2CCCC21)C(C)(C)C. The quantitative estimate of drug-likeness (QED) is 0.828. The smallest absolute Gasteiger partial charge is 0.245 e. The van der Waals surface area contributed by atoms with E-state index >= 15 is 0 Å². The Labute approximate surface area is 134 Å². The zero-order valence-electron chi connectivity index (χ0n) is 14.6. The van der Waals surface area contributed by atoms with Crippen LogP contribution in [0.4, 0.5) is 0 Å². The molecule has 0 aromatic heterocycles. The van der Waals surface area contributed by atoms with Crippen LogP contribution in [0.5, 0.6) is 0 Å². The summed E-state index contributed by atoms with van der Waals surface area (Å²) >= 11 is 0. The van der Waals surface area contributed by atoms with Crippen molar-refractivity contribution in [3.63, 3.8) is 0 Å². The minimum atomic E-state index is -0.463. The van der Waals surface area contributed by atoms with Crippen molar-refractivity contribution in [1.82, 2.24) is 15.5 Å². The van der Waals surface area contributed by atoms with Gasteiger partial charge in [-0.15, -0.1) is 0 Å². The van der Waals surface area contributed by atoms with Crippen LogP contribution in [0, 0.1) is 11.3 Å². The molecule has 2 fully saturated rings. The summed E-state index contributed by atoms with van der Waals surface area (Å²) in [6.45, 7) is 8.70. The number of hydrogen-bond donors (Lipinski definition) is 2. The maximum Gasteiger partial charge on any atom is 0.245 e. The van der Waals surface area contributed by atoms with E-state index in [4.69, 9.17) is 0 Å². The van der Waals surface area contributed by atoms with Crippen LogP contribution in [-0.2, 0) is 9.59 Å². The number of rotatable bonds is 4. The third-order valence-electron chi connectivity index (χ3n) is 5.27. The molecule has 0 aromatic rings. The second-order valence-corrected chi connectivity index (χ2v) is 7.90. The van der Waals surface area contributed by atoms with Gasteiger partial charge in [0.25, 0.3) is 0 Å². The Morgan fingerprint density at radius 2 is 1.86 bits per heavy atom. The number of amides is 2. The van der Waals surface area contributed by atoms with Gasteiger partial charge in [-0.05, 0) is 44.6 Å². The Morgan fingerprint density at radius 3 is 2.45 bits per heavy atom. The molecule has 1 aliphatic carbocycles. The summed E-state index contributed by atoms with van der Waals surface area (Å²) < 4.78 is 0. The summed E-state index contributed by atoms with van der Waals surface area (Å²) in [5.74, 6) is 0.660. The van der Waals surface area contributed by atoms with Gasteiger partial charge in [-0.1, -0.05) is 27.2 Å². The molecule has 5 nitrogen and oxygen atoms in total. The third kappa shape index (κ3) is 3.45. The first kappa shape index (κ1) is 17.3. The fourth-order valence-corrected chi connectivity index (χ4v) is 3.72. The van der Waals surface area contributed by atoms with Gasteiger partial charge in [0.15, 0.2) is 0 Å².